The first kappa shape index (κ1) is 17.3. The number of benzene rings is 1. The lowest BCUT2D eigenvalue weighted by Gasteiger charge is -2.08. The molecule has 0 aliphatic rings. The molecule has 3 aromatic rings. The third kappa shape index (κ3) is 4.51. The fourth-order valence-corrected chi connectivity index (χ4v) is 2.32. The van der Waals surface area contributed by atoms with Crippen LogP contribution in [-0.2, 0) is 6.54 Å². The van der Waals surface area contributed by atoms with Crippen molar-refractivity contribution in [3.05, 3.63) is 83.9 Å². The van der Waals surface area contributed by atoms with E-state index < -0.39 is 0 Å². The summed E-state index contributed by atoms with van der Waals surface area (Å²) >= 11 is 0. The van der Waals surface area contributed by atoms with Crippen molar-refractivity contribution in [1.82, 2.24) is 9.97 Å². The second-order valence-corrected chi connectivity index (χ2v) is 5.73. The number of hydrogen-bond donors (Lipinski definition) is 2. The maximum absolute atomic E-state index is 12.3. The molecular formula is C20H18N4O2. The number of carbonyl (C=O) groups excluding carboxylic acids is 2. The van der Waals surface area contributed by atoms with Gasteiger partial charge in [-0.25, -0.2) is 4.98 Å². The molecule has 0 spiro atoms. The zero-order valence-corrected chi connectivity index (χ0v) is 14.3. The first-order valence-electron chi connectivity index (χ1n) is 8.13. The number of hydrogen-bond acceptors (Lipinski definition) is 5. The summed E-state index contributed by atoms with van der Waals surface area (Å²) in [6.07, 6.45) is 5.13. The standard InChI is InChI=1S/C20H18N4O2/c1-14(25)16-4-6-17(7-5-16)24-20(26)19-9-8-18(13-23-19)22-12-15-3-2-10-21-11-15/h2-11,13,22H,12H2,1H3,(H,24,26). The maximum Gasteiger partial charge on any atom is 0.274 e. The number of anilines is 2. The maximum atomic E-state index is 12.3. The van der Waals surface area contributed by atoms with Crippen molar-refractivity contribution in [3.8, 4) is 0 Å². The van der Waals surface area contributed by atoms with Gasteiger partial charge in [0.05, 0.1) is 11.9 Å². The minimum atomic E-state index is -0.306. The Labute approximate surface area is 151 Å². The predicted octanol–water partition coefficient (Wildman–Crippen LogP) is 3.54. The Morgan fingerprint density at radius 1 is 0.962 bits per heavy atom. The summed E-state index contributed by atoms with van der Waals surface area (Å²) in [5.41, 5.74) is 3.40. The Kier molecular flexibility index (Phi) is 5.34. The van der Waals surface area contributed by atoms with Crippen LogP contribution in [0.5, 0.6) is 0 Å². The Morgan fingerprint density at radius 3 is 2.35 bits per heavy atom. The summed E-state index contributed by atoms with van der Waals surface area (Å²) < 4.78 is 0. The van der Waals surface area contributed by atoms with Crippen LogP contribution in [0.4, 0.5) is 11.4 Å². The molecule has 0 aliphatic heterocycles. The van der Waals surface area contributed by atoms with Crippen molar-refractivity contribution in [2.75, 3.05) is 10.6 Å². The third-order valence-electron chi connectivity index (χ3n) is 3.76. The quantitative estimate of drug-likeness (QED) is 0.667. The molecule has 3 rings (SSSR count). The summed E-state index contributed by atoms with van der Waals surface area (Å²) in [6.45, 7) is 2.13. The van der Waals surface area contributed by atoms with E-state index >= 15 is 0 Å². The molecule has 6 heteroatoms. The summed E-state index contributed by atoms with van der Waals surface area (Å²) in [5, 5.41) is 5.99. The van der Waals surface area contributed by atoms with Crippen LogP contribution in [0.15, 0.2) is 67.1 Å². The molecule has 0 saturated heterocycles. The zero-order valence-electron chi connectivity index (χ0n) is 14.3. The fraction of sp³-hybridized carbons (Fsp3) is 0.100. The Hall–Kier alpha value is -3.54. The van der Waals surface area contributed by atoms with Crippen LogP contribution in [0.1, 0.15) is 33.3 Å². The van der Waals surface area contributed by atoms with Gasteiger partial charge in [0.25, 0.3) is 5.91 Å². The number of amides is 1. The molecule has 0 atom stereocenters. The fourth-order valence-electron chi connectivity index (χ4n) is 2.32. The monoisotopic (exact) mass is 346 g/mol. The Balaban J connectivity index is 1.58. The number of aromatic nitrogens is 2. The molecule has 0 radical (unpaired) electrons. The summed E-state index contributed by atoms with van der Waals surface area (Å²) in [4.78, 5) is 31.8. The molecule has 2 N–H and O–H groups in total. The average molecular weight is 346 g/mol. The van der Waals surface area contributed by atoms with E-state index in [-0.39, 0.29) is 11.7 Å². The van der Waals surface area contributed by atoms with Gasteiger partial charge in [-0.15, -0.1) is 0 Å². The first-order valence-corrected chi connectivity index (χ1v) is 8.13. The minimum absolute atomic E-state index is 0.0149. The number of pyridine rings is 2. The molecule has 0 aliphatic carbocycles. The van der Waals surface area contributed by atoms with E-state index in [4.69, 9.17) is 0 Å². The van der Waals surface area contributed by atoms with Crippen molar-refractivity contribution >= 4 is 23.1 Å². The van der Waals surface area contributed by atoms with Crippen LogP contribution in [0.25, 0.3) is 0 Å². The first-order chi connectivity index (χ1) is 12.6. The molecule has 0 bridgehead atoms. The second-order valence-electron chi connectivity index (χ2n) is 5.73. The number of rotatable bonds is 6. The van der Waals surface area contributed by atoms with Gasteiger partial charge < -0.3 is 10.6 Å². The highest BCUT2D eigenvalue weighted by Crippen LogP contribution is 2.13. The van der Waals surface area contributed by atoms with Gasteiger partial charge in [0, 0.05) is 30.2 Å². The van der Waals surface area contributed by atoms with Crippen molar-refractivity contribution in [2.45, 2.75) is 13.5 Å². The third-order valence-corrected chi connectivity index (χ3v) is 3.76. The summed E-state index contributed by atoms with van der Waals surface area (Å²) in [7, 11) is 0. The van der Waals surface area contributed by atoms with Crippen LogP contribution in [-0.4, -0.2) is 21.7 Å². The van der Waals surface area contributed by atoms with Crippen molar-refractivity contribution in [3.63, 3.8) is 0 Å². The van der Waals surface area contributed by atoms with E-state index in [0.29, 0.717) is 23.5 Å². The number of ketones is 1. The van der Waals surface area contributed by atoms with E-state index in [0.717, 1.165) is 11.3 Å². The van der Waals surface area contributed by atoms with Crippen LogP contribution in [0.3, 0.4) is 0 Å². The topological polar surface area (TPSA) is 84.0 Å². The predicted molar refractivity (Wildman–Crippen MR) is 100 cm³/mol. The zero-order chi connectivity index (χ0) is 18.4. The highest BCUT2D eigenvalue weighted by Gasteiger charge is 2.08. The number of nitrogens with zero attached hydrogens (tertiary/aromatic N) is 2. The van der Waals surface area contributed by atoms with Gasteiger partial charge in [0.15, 0.2) is 5.78 Å². The van der Waals surface area contributed by atoms with Crippen molar-refractivity contribution in [1.29, 1.82) is 0 Å². The van der Waals surface area contributed by atoms with Gasteiger partial charge in [-0.3, -0.25) is 14.6 Å². The van der Waals surface area contributed by atoms with Crippen LogP contribution in [0.2, 0.25) is 0 Å². The Morgan fingerprint density at radius 2 is 1.73 bits per heavy atom. The molecule has 6 nitrogen and oxygen atoms in total. The van der Waals surface area contributed by atoms with Gasteiger partial charge in [-0.1, -0.05) is 6.07 Å². The molecular weight excluding hydrogens is 328 g/mol. The van der Waals surface area contributed by atoms with E-state index in [1.54, 1.807) is 55.0 Å². The normalized spacial score (nSPS) is 10.2. The molecule has 130 valence electrons. The van der Waals surface area contributed by atoms with Crippen molar-refractivity contribution < 1.29 is 9.59 Å². The minimum Gasteiger partial charge on any atom is -0.380 e. The van der Waals surface area contributed by atoms with E-state index in [2.05, 4.69) is 20.6 Å². The lowest BCUT2D eigenvalue weighted by molar-refractivity contribution is 0.101. The number of nitrogens with one attached hydrogen (secondary N) is 2. The molecule has 0 saturated carbocycles. The second kappa shape index (κ2) is 8.02. The highest BCUT2D eigenvalue weighted by atomic mass is 16.2. The highest BCUT2D eigenvalue weighted by molar-refractivity contribution is 6.03. The lowest BCUT2D eigenvalue weighted by atomic mass is 10.1. The van der Waals surface area contributed by atoms with Gasteiger partial charge in [0.1, 0.15) is 5.69 Å². The molecule has 1 aromatic carbocycles. The SMILES string of the molecule is CC(=O)c1ccc(NC(=O)c2ccc(NCc3cccnc3)cn2)cc1. The Bertz CT molecular complexity index is 891. The molecule has 1 amide bonds. The molecule has 2 heterocycles. The van der Waals surface area contributed by atoms with Crippen molar-refractivity contribution in [2.24, 2.45) is 0 Å². The van der Waals surface area contributed by atoms with Gasteiger partial charge in [-0.05, 0) is 55.0 Å². The average Bonchev–Trinajstić information content (AvgIpc) is 2.68. The van der Waals surface area contributed by atoms with E-state index in [9.17, 15) is 9.59 Å². The lowest BCUT2D eigenvalue weighted by Crippen LogP contribution is -2.13. The van der Waals surface area contributed by atoms with Crippen LogP contribution in [0, 0.1) is 0 Å². The van der Waals surface area contributed by atoms with Crippen LogP contribution < -0.4 is 10.6 Å². The van der Waals surface area contributed by atoms with Gasteiger partial charge >= 0.3 is 0 Å². The summed E-state index contributed by atoms with van der Waals surface area (Å²) in [6, 6.07) is 14.1. The number of Topliss-reactive ketones (excluding diaryl/α,β-unsaturated/α-hetero) is 1. The van der Waals surface area contributed by atoms with Crippen LogP contribution >= 0.6 is 0 Å². The number of carbonyl (C=O) groups is 2. The molecule has 2 aromatic heterocycles. The van der Waals surface area contributed by atoms with E-state index in [1.165, 1.54) is 6.92 Å². The molecule has 0 unspecified atom stereocenters. The molecule has 0 fully saturated rings. The van der Waals surface area contributed by atoms with Gasteiger partial charge in [0.2, 0.25) is 0 Å². The van der Waals surface area contributed by atoms with E-state index in [1.807, 2.05) is 12.1 Å². The largest absolute Gasteiger partial charge is 0.380 e. The smallest absolute Gasteiger partial charge is 0.274 e. The molecule has 26 heavy (non-hydrogen) atoms. The van der Waals surface area contributed by atoms with Gasteiger partial charge in [-0.2, -0.15) is 0 Å². The summed E-state index contributed by atoms with van der Waals surface area (Å²) in [5.74, 6) is -0.321.